The van der Waals surface area contributed by atoms with Crippen molar-refractivity contribution in [3.63, 3.8) is 0 Å². The molecule has 0 saturated heterocycles. The highest BCUT2D eigenvalue weighted by atomic mass is 16.9. The zero-order chi connectivity index (χ0) is 37.1. The molecule has 0 aromatic heterocycles. The molecule has 0 heterocycles. The van der Waals surface area contributed by atoms with Gasteiger partial charge in [-0.2, -0.15) is 0 Å². The van der Waals surface area contributed by atoms with Crippen molar-refractivity contribution in [1.82, 2.24) is 5.32 Å². The molecule has 2 aromatic carbocycles. The third-order valence-electron chi connectivity index (χ3n) is 7.59. The van der Waals surface area contributed by atoms with Crippen molar-refractivity contribution in [2.45, 2.75) is 78.1 Å². The van der Waals surface area contributed by atoms with Crippen molar-refractivity contribution in [1.29, 1.82) is 0 Å². The Morgan fingerprint density at radius 1 is 0.961 bits per heavy atom. The number of ether oxygens (including phenoxy) is 4. The number of carbonyl (C=O) groups is 3. The minimum atomic E-state index is -0.873. The standard InChI is InChI=1S/C23H30N2O9.C16H22O/c1-3-4-5-6-9-21(26)24-17-23(28)34-19-12-10-18(16-20(19)31-2)11-13-22(27)32-14-7-8-15-33-25(29)30;1-14-7-6-11-16(13-14)17-12-5-4-10-15-8-2-3-9-15/h3-4,10-13,16H,5-9,14-15,17H2,1-2H3,(H,24,26);4,6-7,10-11,13,15H,2-3,5,8-9,12H2,1H3/b4-3-,13-11+;10-4+. The maximum Gasteiger partial charge on any atom is 0.330 e. The van der Waals surface area contributed by atoms with Crippen LogP contribution in [0, 0.1) is 23.0 Å². The number of hydrogen-bond donors (Lipinski definition) is 1. The van der Waals surface area contributed by atoms with E-state index in [4.69, 9.17) is 18.9 Å². The predicted molar refractivity (Wildman–Crippen MR) is 195 cm³/mol. The van der Waals surface area contributed by atoms with Crippen LogP contribution in [0.2, 0.25) is 0 Å². The lowest BCUT2D eigenvalue weighted by atomic mass is 10.1. The molecular weight excluding hydrogens is 656 g/mol. The molecule has 0 unspecified atom stereocenters. The molecule has 1 fully saturated rings. The average molecular weight is 709 g/mol. The van der Waals surface area contributed by atoms with Crippen LogP contribution in [0.1, 0.15) is 82.3 Å². The summed E-state index contributed by atoms with van der Waals surface area (Å²) in [6.07, 6.45) is 20.5. The van der Waals surface area contributed by atoms with Gasteiger partial charge in [0.25, 0.3) is 5.09 Å². The van der Waals surface area contributed by atoms with Gasteiger partial charge in [0.05, 0.1) is 26.9 Å². The summed E-state index contributed by atoms with van der Waals surface area (Å²) in [5.74, 6) is 0.819. The van der Waals surface area contributed by atoms with Crippen molar-refractivity contribution in [3.05, 3.63) is 94.1 Å². The summed E-state index contributed by atoms with van der Waals surface area (Å²) in [4.78, 5) is 49.7. The summed E-state index contributed by atoms with van der Waals surface area (Å²) in [5.41, 5.74) is 1.85. The fourth-order valence-corrected chi connectivity index (χ4v) is 4.95. The van der Waals surface area contributed by atoms with Crippen LogP contribution in [-0.4, -0.2) is 56.4 Å². The number of aryl methyl sites for hydroxylation is 1. The number of hydrogen-bond acceptors (Lipinski definition) is 10. The lowest BCUT2D eigenvalue weighted by Gasteiger charge is -2.10. The Hall–Kier alpha value is -5.13. The second-order valence-electron chi connectivity index (χ2n) is 11.8. The van der Waals surface area contributed by atoms with Crippen LogP contribution < -0.4 is 19.5 Å². The lowest BCUT2D eigenvalue weighted by molar-refractivity contribution is -0.757. The number of benzene rings is 2. The molecular formula is C39H52N2O10. The van der Waals surface area contributed by atoms with Gasteiger partial charge < -0.3 is 29.1 Å². The lowest BCUT2D eigenvalue weighted by Crippen LogP contribution is -2.31. The Kier molecular flexibility index (Phi) is 21.3. The summed E-state index contributed by atoms with van der Waals surface area (Å²) in [7, 11) is 1.41. The molecule has 3 rings (SSSR count). The Bertz CT molecular complexity index is 1450. The monoisotopic (exact) mass is 708 g/mol. The minimum absolute atomic E-state index is 0.0552. The van der Waals surface area contributed by atoms with E-state index in [1.165, 1.54) is 56.6 Å². The third kappa shape index (κ3) is 20.2. The fourth-order valence-electron chi connectivity index (χ4n) is 4.95. The number of allylic oxidation sites excluding steroid dienone is 3. The Morgan fingerprint density at radius 2 is 1.75 bits per heavy atom. The Balaban J connectivity index is 0.000000438. The average Bonchev–Trinajstić information content (AvgIpc) is 3.64. The molecule has 1 amide bonds. The molecule has 1 aliphatic rings. The second kappa shape index (κ2) is 25.8. The molecule has 51 heavy (non-hydrogen) atoms. The van der Waals surface area contributed by atoms with E-state index >= 15 is 0 Å². The van der Waals surface area contributed by atoms with Gasteiger partial charge in [0.1, 0.15) is 12.3 Å². The normalized spacial score (nSPS) is 12.8. The zero-order valence-electron chi connectivity index (χ0n) is 30.0. The second-order valence-corrected chi connectivity index (χ2v) is 11.8. The first kappa shape index (κ1) is 42.0. The van der Waals surface area contributed by atoms with Crippen LogP contribution >= 0.6 is 0 Å². The number of methoxy groups -OCH3 is 1. The number of nitrogens with zero attached hydrogens (tertiary/aromatic N) is 1. The first-order valence-corrected chi connectivity index (χ1v) is 17.4. The molecule has 1 aliphatic carbocycles. The van der Waals surface area contributed by atoms with Gasteiger partial charge in [0, 0.05) is 12.5 Å². The van der Waals surface area contributed by atoms with E-state index in [9.17, 15) is 24.5 Å². The molecule has 0 aliphatic heterocycles. The van der Waals surface area contributed by atoms with Crippen molar-refractivity contribution < 1.29 is 43.3 Å². The molecule has 2 aromatic rings. The van der Waals surface area contributed by atoms with Gasteiger partial charge in [-0.1, -0.05) is 55.3 Å². The summed E-state index contributed by atoms with van der Waals surface area (Å²) in [6.45, 7) is 4.57. The minimum Gasteiger partial charge on any atom is -0.493 e. The molecule has 278 valence electrons. The van der Waals surface area contributed by atoms with Crippen LogP contribution in [-0.2, 0) is 24.0 Å². The highest BCUT2D eigenvalue weighted by Crippen LogP contribution is 2.29. The number of carbonyl (C=O) groups excluding carboxylic acids is 3. The van der Waals surface area contributed by atoms with E-state index in [-0.39, 0.29) is 37.2 Å². The quantitative estimate of drug-likeness (QED) is 0.0262. The van der Waals surface area contributed by atoms with Gasteiger partial charge in [-0.25, -0.2) is 9.59 Å². The molecule has 1 saturated carbocycles. The first-order valence-electron chi connectivity index (χ1n) is 17.4. The van der Waals surface area contributed by atoms with E-state index in [1.54, 1.807) is 12.1 Å². The molecule has 0 atom stereocenters. The van der Waals surface area contributed by atoms with E-state index in [1.807, 2.05) is 31.2 Å². The van der Waals surface area contributed by atoms with Crippen LogP contribution in [0.3, 0.4) is 0 Å². The largest absolute Gasteiger partial charge is 0.493 e. The molecule has 12 heteroatoms. The van der Waals surface area contributed by atoms with Gasteiger partial charge in [0.2, 0.25) is 5.91 Å². The molecule has 0 bridgehead atoms. The molecule has 0 radical (unpaired) electrons. The van der Waals surface area contributed by atoms with Gasteiger partial charge in [-0.15, -0.1) is 10.1 Å². The summed E-state index contributed by atoms with van der Waals surface area (Å²) >= 11 is 0. The van der Waals surface area contributed by atoms with E-state index < -0.39 is 17.0 Å². The van der Waals surface area contributed by atoms with Gasteiger partial charge >= 0.3 is 11.9 Å². The van der Waals surface area contributed by atoms with Gasteiger partial charge in [0.15, 0.2) is 11.5 Å². The summed E-state index contributed by atoms with van der Waals surface area (Å²) in [5, 5.41) is 11.7. The van der Waals surface area contributed by atoms with Gasteiger partial charge in [-0.05, 0) is 106 Å². The Morgan fingerprint density at radius 3 is 2.47 bits per heavy atom. The van der Waals surface area contributed by atoms with Crippen LogP contribution in [0.4, 0.5) is 0 Å². The maximum atomic E-state index is 12.0. The number of esters is 2. The number of unbranched alkanes of at least 4 members (excludes halogenated alkanes) is 2. The van der Waals surface area contributed by atoms with E-state index in [0.29, 0.717) is 31.2 Å². The van der Waals surface area contributed by atoms with Gasteiger partial charge in [-0.3, -0.25) is 4.79 Å². The van der Waals surface area contributed by atoms with E-state index in [2.05, 4.69) is 41.4 Å². The highest BCUT2D eigenvalue weighted by Gasteiger charge is 2.13. The summed E-state index contributed by atoms with van der Waals surface area (Å²) in [6, 6.07) is 12.9. The predicted octanol–water partition coefficient (Wildman–Crippen LogP) is 7.52. The molecule has 12 nitrogen and oxygen atoms in total. The smallest absolute Gasteiger partial charge is 0.330 e. The van der Waals surface area contributed by atoms with Crippen LogP contribution in [0.5, 0.6) is 17.2 Å². The number of amides is 1. The SMILES string of the molecule is C/C=C\CCCC(=O)NCC(=O)Oc1ccc(/C=C/C(=O)OCCCCO[N+](=O)[O-])cc1OC.Cc1cccc(OCC/C=C/C2CCCC2)c1. The highest BCUT2D eigenvalue weighted by molar-refractivity contribution is 5.87. The summed E-state index contributed by atoms with van der Waals surface area (Å²) < 4.78 is 21.2. The third-order valence-corrected chi connectivity index (χ3v) is 7.59. The molecule has 0 spiro atoms. The van der Waals surface area contributed by atoms with E-state index in [0.717, 1.165) is 31.1 Å². The first-order chi connectivity index (χ1) is 24.7. The number of rotatable bonds is 21. The maximum absolute atomic E-state index is 12.0. The van der Waals surface area contributed by atoms with Crippen molar-refractivity contribution in [2.24, 2.45) is 5.92 Å². The van der Waals surface area contributed by atoms with Crippen LogP contribution in [0.25, 0.3) is 6.08 Å². The van der Waals surface area contributed by atoms with Crippen molar-refractivity contribution in [2.75, 3.05) is 33.5 Å². The van der Waals surface area contributed by atoms with Crippen molar-refractivity contribution in [3.8, 4) is 17.2 Å². The van der Waals surface area contributed by atoms with Crippen molar-refractivity contribution >= 4 is 23.9 Å². The topological polar surface area (TPSA) is 153 Å². The van der Waals surface area contributed by atoms with Crippen LogP contribution in [0.15, 0.2) is 72.8 Å². The number of nitrogens with one attached hydrogen (secondary N) is 1. The zero-order valence-corrected chi connectivity index (χ0v) is 30.0. The fraction of sp³-hybridized carbons (Fsp3) is 0.462. The Labute approximate surface area is 300 Å². The molecule has 1 N–H and O–H groups in total.